The minimum atomic E-state index is 0.700. The molecule has 0 spiro atoms. The highest BCUT2D eigenvalue weighted by Gasteiger charge is 2.11. The first-order valence-corrected chi connectivity index (χ1v) is 6.97. The lowest BCUT2D eigenvalue weighted by atomic mass is 10.2. The first kappa shape index (κ1) is 10.7. The van der Waals surface area contributed by atoms with Crippen LogP contribution in [0.4, 0.5) is 0 Å². The number of hydrogen-bond donors (Lipinski definition) is 0. The third-order valence-corrected chi connectivity index (χ3v) is 5.19. The fourth-order valence-corrected chi connectivity index (χ4v) is 3.32. The second-order valence-corrected chi connectivity index (χ2v) is 5.64. The van der Waals surface area contributed by atoms with Gasteiger partial charge in [-0.3, -0.25) is 0 Å². The van der Waals surface area contributed by atoms with E-state index in [2.05, 4.69) is 56.0 Å². The van der Waals surface area contributed by atoms with Gasteiger partial charge in [-0.1, -0.05) is 0 Å². The van der Waals surface area contributed by atoms with Crippen molar-refractivity contribution in [2.75, 3.05) is 6.61 Å². The molecule has 0 N–H and O–H groups in total. The number of benzene rings is 1. The fourth-order valence-electron chi connectivity index (χ4n) is 1.30. The van der Waals surface area contributed by atoms with Gasteiger partial charge in [-0.15, -0.1) is 11.3 Å². The Hall–Kier alpha value is 0.190. The number of ether oxygens (including phenoxy) is 1. The molecule has 2 aromatic rings. The molecule has 1 aromatic heterocycles. The molecule has 0 aliphatic rings. The molecule has 0 saturated heterocycles. The molecule has 1 heterocycles. The van der Waals surface area contributed by atoms with Crippen LogP contribution in [-0.4, -0.2) is 6.61 Å². The van der Waals surface area contributed by atoms with Crippen LogP contribution in [0, 0.1) is 3.57 Å². The maximum absolute atomic E-state index is 5.65. The van der Waals surface area contributed by atoms with Gasteiger partial charge >= 0.3 is 0 Å². The summed E-state index contributed by atoms with van der Waals surface area (Å²) in [6.07, 6.45) is 0. The van der Waals surface area contributed by atoms with Crippen molar-refractivity contribution in [3.05, 3.63) is 25.6 Å². The lowest BCUT2D eigenvalue weighted by molar-refractivity contribution is 0.342. The van der Waals surface area contributed by atoms with Crippen LogP contribution in [0.15, 0.2) is 22.0 Å². The van der Waals surface area contributed by atoms with E-state index in [0.717, 1.165) is 10.2 Å². The summed E-state index contributed by atoms with van der Waals surface area (Å²) in [6.45, 7) is 2.71. The highest BCUT2D eigenvalue weighted by atomic mass is 127. The Bertz CT molecular complexity index is 466. The van der Waals surface area contributed by atoms with Gasteiger partial charge < -0.3 is 4.74 Å². The van der Waals surface area contributed by atoms with Gasteiger partial charge in [-0.25, -0.2) is 0 Å². The third kappa shape index (κ3) is 1.79. The number of thiophene rings is 1. The number of fused-ring (bicyclic) bond motifs is 1. The van der Waals surface area contributed by atoms with Crippen LogP contribution in [0.25, 0.3) is 10.1 Å². The molecule has 0 unspecified atom stereocenters. The van der Waals surface area contributed by atoms with Crippen molar-refractivity contribution >= 4 is 59.9 Å². The molecule has 74 valence electrons. The van der Waals surface area contributed by atoms with Crippen molar-refractivity contribution in [2.24, 2.45) is 0 Å². The molecule has 0 fully saturated rings. The summed E-state index contributed by atoms with van der Waals surface area (Å²) in [5.41, 5.74) is 0. The Morgan fingerprint density at radius 2 is 2.36 bits per heavy atom. The van der Waals surface area contributed by atoms with Crippen LogP contribution in [-0.2, 0) is 0 Å². The quantitative estimate of drug-likeness (QED) is 0.686. The Labute approximate surface area is 109 Å². The zero-order valence-electron chi connectivity index (χ0n) is 7.51. The molecule has 1 nitrogen and oxygen atoms in total. The van der Waals surface area contributed by atoms with E-state index < -0.39 is 0 Å². The van der Waals surface area contributed by atoms with Crippen LogP contribution < -0.4 is 4.74 Å². The molecule has 0 bridgehead atoms. The highest BCUT2D eigenvalue weighted by Crippen LogP contribution is 2.40. The van der Waals surface area contributed by atoms with E-state index in [-0.39, 0.29) is 0 Å². The average Bonchev–Trinajstić information content (AvgIpc) is 2.60. The monoisotopic (exact) mass is 382 g/mol. The molecule has 0 atom stereocenters. The SMILES string of the molecule is CCOc1c(Br)c(I)cc2ccsc12. The molecule has 0 radical (unpaired) electrons. The van der Waals surface area contributed by atoms with Crippen molar-refractivity contribution in [2.45, 2.75) is 6.92 Å². The molecular formula is C10H8BrIOS. The van der Waals surface area contributed by atoms with Crippen LogP contribution in [0.2, 0.25) is 0 Å². The predicted molar refractivity (Wildman–Crippen MR) is 73.4 cm³/mol. The van der Waals surface area contributed by atoms with Crippen molar-refractivity contribution in [3.63, 3.8) is 0 Å². The summed E-state index contributed by atoms with van der Waals surface area (Å²) in [7, 11) is 0. The highest BCUT2D eigenvalue weighted by molar-refractivity contribution is 14.1. The molecule has 4 heteroatoms. The lowest BCUT2D eigenvalue weighted by Crippen LogP contribution is -1.93. The summed E-state index contributed by atoms with van der Waals surface area (Å²) in [6, 6.07) is 4.29. The van der Waals surface area contributed by atoms with Gasteiger partial charge in [0.15, 0.2) is 5.75 Å². The second kappa shape index (κ2) is 4.37. The molecule has 1 aromatic carbocycles. The Morgan fingerprint density at radius 3 is 3.07 bits per heavy atom. The molecule has 0 aliphatic heterocycles. The molecule has 0 amide bonds. The Kier molecular flexibility index (Phi) is 3.34. The van der Waals surface area contributed by atoms with E-state index >= 15 is 0 Å². The summed E-state index contributed by atoms with van der Waals surface area (Å²) in [4.78, 5) is 0. The molecule has 14 heavy (non-hydrogen) atoms. The van der Waals surface area contributed by atoms with E-state index in [4.69, 9.17) is 4.74 Å². The van der Waals surface area contributed by atoms with Crippen LogP contribution in [0.1, 0.15) is 6.92 Å². The molecule has 0 aliphatic carbocycles. The summed E-state index contributed by atoms with van der Waals surface area (Å²) in [5, 5.41) is 3.35. The van der Waals surface area contributed by atoms with E-state index in [0.29, 0.717) is 6.61 Å². The number of halogens is 2. The summed E-state index contributed by atoms with van der Waals surface area (Å²) >= 11 is 7.59. The van der Waals surface area contributed by atoms with Gasteiger partial charge in [0, 0.05) is 3.57 Å². The molecule has 0 saturated carbocycles. The van der Waals surface area contributed by atoms with Crippen LogP contribution in [0.5, 0.6) is 5.75 Å². The lowest BCUT2D eigenvalue weighted by Gasteiger charge is -2.08. The smallest absolute Gasteiger partial charge is 0.152 e. The van der Waals surface area contributed by atoms with E-state index in [9.17, 15) is 0 Å². The number of hydrogen-bond acceptors (Lipinski definition) is 2. The topological polar surface area (TPSA) is 9.23 Å². The standard InChI is InChI=1S/C10H8BrIOS/c1-2-13-9-8(11)7(12)5-6-3-4-14-10(6)9/h3-5H,2H2,1H3. The van der Waals surface area contributed by atoms with E-state index in [1.54, 1.807) is 11.3 Å². The molecule has 2 rings (SSSR count). The summed E-state index contributed by atoms with van der Waals surface area (Å²) in [5.74, 6) is 0.976. The zero-order chi connectivity index (χ0) is 10.1. The van der Waals surface area contributed by atoms with Crippen molar-refractivity contribution < 1.29 is 4.74 Å². The minimum Gasteiger partial charge on any atom is -0.491 e. The van der Waals surface area contributed by atoms with Gasteiger partial charge in [0.25, 0.3) is 0 Å². The van der Waals surface area contributed by atoms with Gasteiger partial charge in [0.1, 0.15) is 0 Å². The largest absolute Gasteiger partial charge is 0.491 e. The average molecular weight is 383 g/mol. The Morgan fingerprint density at radius 1 is 1.57 bits per heavy atom. The zero-order valence-corrected chi connectivity index (χ0v) is 12.1. The second-order valence-electron chi connectivity index (χ2n) is 2.77. The minimum absolute atomic E-state index is 0.700. The predicted octanol–water partition coefficient (Wildman–Crippen LogP) is 4.67. The normalized spacial score (nSPS) is 10.8. The van der Waals surface area contributed by atoms with Gasteiger partial charge in [0.05, 0.1) is 15.8 Å². The Balaban J connectivity index is 2.73. The van der Waals surface area contributed by atoms with E-state index in [1.165, 1.54) is 13.7 Å². The van der Waals surface area contributed by atoms with Crippen LogP contribution in [0.3, 0.4) is 0 Å². The van der Waals surface area contributed by atoms with E-state index in [1.807, 2.05) is 6.92 Å². The fraction of sp³-hybridized carbons (Fsp3) is 0.200. The van der Waals surface area contributed by atoms with Crippen molar-refractivity contribution in [1.82, 2.24) is 0 Å². The van der Waals surface area contributed by atoms with Crippen molar-refractivity contribution in [3.8, 4) is 5.75 Å². The van der Waals surface area contributed by atoms with Crippen molar-refractivity contribution in [1.29, 1.82) is 0 Å². The third-order valence-electron chi connectivity index (χ3n) is 1.88. The van der Waals surface area contributed by atoms with Gasteiger partial charge in [-0.2, -0.15) is 0 Å². The van der Waals surface area contributed by atoms with Crippen LogP contribution >= 0.6 is 49.9 Å². The number of rotatable bonds is 2. The first-order chi connectivity index (χ1) is 6.74. The maximum Gasteiger partial charge on any atom is 0.152 e. The van der Waals surface area contributed by atoms with Gasteiger partial charge in [0.2, 0.25) is 0 Å². The maximum atomic E-state index is 5.65. The molecular weight excluding hydrogens is 375 g/mol. The summed E-state index contributed by atoms with van der Waals surface area (Å²) < 4.78 is 9.13. The van der Waals surface area contributed by atoms with Gasteiger partial charge in [-0.05, 0) is 68.3 Å². The first-order valence-electron chi connectivity index (χ1n) is 4.22.